The molecule has 164 valence electrons. The van der Waals surface area contributed by atoms with Gasteiger partial charge in [0.15, 0.2) is 5.96 Å². The molecule has 2 N–H and O–H groups in total. The molecule has 0 saturated carbocycles. The van der Waals surface area contributed by atoms with E-state index in [0.29, 0.717) is 11.7 Å². The number of pyridine rings is 1. The van der Waals surface area contributed by atoms with E-state index < -0.39 is 0 Å². The maximum absolute atomic E-state index is 5.86. The Kier molecular flexibility index (Phi) is 10.7. The Labute approximate surface area is 201 Å². The topological polar surface area (TPSA) is 61.8 Å². The summed E-state index contributed by atoms with van der Waals surface area (Å²) in [5.41, 5.74) is 2.35. The van der Waals surface area contributed by atoms with Gasteiger partial charge in [0, 0.05) is 26.3 Å². The van der Waals surface area contributed by atoms with Gasteiger partial charge in [-0.3, -0.25) is 9.89 Å². The summed E-state index contributed by atoms with van der Waals surface area (Å²) in [5.74, 6) is 1.66. The lowest BCUT2D eigenvalue weighted by Crippen LogP contribution is -2.44. The number of rotatable bonds is 7. The van der Waals surface area contributed by atoms with Gasteiger partial charge in [0.05, 0.1) is 13.2 Å². The molecule has 2 aromatic rings. The van der Waals surface area contributed by atoms with Gasteiger partial charge in [-0.1, -0.05) is 36.2 Å². The highest BCUT2D eigenvalue weighted by atomic mass is 127. The fourth-order valence-electron chi connectivity index (χ4n) is 3.62. The second-order valence-electron chi connectivity index (χ2n) is 7.18. The SMILES string of the molecule is CN=C(NCc1ccc(Cl)nc1)NCC(c1ccc(OC)cc1)N1CCCCC1.I. The molecule has 1 saturated heterocycles. The van der Waals surface area contributed by atoms with Crippen molar-refractivity contribution in [2.75, 3.05) is 33.8 Å². The minimum absolute atomic E-state index is 0. The molecule has 8 heteroatoms. The van der Waals surface area contributed by atoms with E-state index in [1.54, 1.807) is 26.4 Å². The molecule has 1 atom stereocenters. The van der Waals surface area contributed by atoms with Crippen molar-refractivity contribution in [3.8, 4) is 5.75 Å². The van der Waals surface area contributed by atoms with Gasteiger partial charge in [0.1, 0.15) is 10.9 Å². The molecule has 6 nitrogen and oxygen atoms in total. The molecule has 0 spiro atoms. The van der Waals surface area contributed by atoms with Crippen LogP contribution in [0.4, 0.5) is 0 Å². The van der Waals surface area contributed by atoms with Crippen molar-refractivity contribution in [1.29, 1.82) is 0 Å². The van der Waals surface area contributed by atoms with Gasteiger partial charge in [-0.25, -0.2) is 4.98 Å². The standard InChI is InChI=1S/C22H30ClN5O.HI/c1-24-22(26-15-17-6-11-21(23)25-14-17)27-16-20(28-12-4-3-5-13-28)18-7-9-19(29-2)10-8-18;/h6-11,14,20H,3-5,12-13,15-16H2,1-2H3,(H2,24,26,27);1H. The fraction of sp³-hybridized carbons (Fsp3) is 0.455. The van der Waals surface area contributed by atoms with Crippen LogP contribution in [0.3, 0.4) is 0 Å². The summed E-state index contributed by atoms with van der Waals surface area (Å²) in [6.07, 6.45) is 5.60. The third-order valence-electron chi connectivity index (χ3n) is 5.27. The van der Waals surface area contributed by atoms with Crippen LogP contribution >= 0.6 is 35.6 Å². The Bertz CT molecular complexity index is 779. The largest absolute Gasteiger partial charge is 0.497 e. The minimum Gasteiger partial charge on any atom is -0.497 e. The van der Waals surface area contributed by atoms with E-state index in [-0.39, 0.29) is 30.0 Å². The minimum atomic E-state index is 0. The first-order chi connectivity index (χ1) is 14.2. The maximum Gasteiger partial charge on any atom is 0.191 e. The van der Waals surface area contributed by atoms with Crippen LogP contribution in [0, 0.1) is 0 Å². The molecule has 0 bridgehead atoms. The molecule has 0 radical (unpaired) electrons. The van der Waals surface area contributed by atoms with E-state index in [4.69, 9.17) is 16.3 Å². The van der Waals surface area contributed by atoms with Gasteiger partial charge >= 0.3 is 0 Å². The monoisotopic (exact) mass is 543 g/mol. The zero-order valence-electron chi connectivity index (χ0n) is 17.6. The van der Waals surface area contributed by atoms with E-state index >= 15 is 0 Å². The van der Waals surface area contributed by atoms with E-state index in [0.717, 1.165) is 36.9 Å². The van der Waals surface area contributed by atoms with Crippen LogP contribution in [0.5, 0.6) is 5.75 Å². The van der Waals surface area contributed by atoms with E-state index in [2.05, 4.69) is 37.6 Å². The van der Waals surface area contributed by atoms with Crippen LogP contribution in [0.25, 0.3) is 0 Å². The zero-order valence-corrected chi connectivity index (χ0v) is 20.7. The van der Waals surface area contributed by atoms with Crippen LogP contribution in [-0.4, -0.2) is 49.6 Å². The number of aliphatic imine (C=N–C) groups is 1. The molecule has 30 heavy (non-hydrogen) atoms. The van der Waals surface area contributed by atoms with E-state index in [1.165, 1.54) is 24.8 Å². The van der Waals surface area contributed by atoms with Gasteiger partial charge in [0.2, 0.25) is 0 Å². The Morgan fingerprint density at radius 3 is 2.47 bits per heavy atom. The van der Waals surface area contributed by atoms with Gasteiger partial charge in [-0.15, -0.1) is 24.0 Å². The number of benzene rings is 1. The average Bonchev–Trinajstić information content (AvgIpc) is 2.78. The summed E-state index contributed by atoms with van der Waals surface area (Å²) >= 11 is 5.86. The molecule has 1 fully saturated rings. The zero-order chi connectivity index (χ0) is 20.5. The molecular weight excluding hydrogens is 513 g/mol. The number of hydrogen-bond acceptors (Lipinski definition) is 4. The summed E-state index contributed by atoms with van der Waals surface area (Å²) in [6, 6.07) is 12.4. The van der Waals surface area contributed by atoms with Crippen LogP contribution in [0.2, 0.25) is 5.15 Å². The molecule has 1 aliphatic rings. The summed E-state index contributed by atoms with van der Waals surface area (Å²) in [4.78, 5) is 11.1. The summed E-state index contributed by atoms with van der Waals surface area (Å²) in [5, 5.41) is 7.35. The molecule has 3 rings (SSSR count). The lowest BCUT2D eigenvalue weighted by atomic mass is 10.0. The van der Waals surface area contributed by atoms with Gasteiger partial charge in [-0.2, -0.15) is 0 Å². The Morgan fingerprint density at radius 1 is 1.13 bits per heavy atom. The predicted molar refractivity (Wildman–Crippen MR) is 134 cm³/mol. The lowest BCUT2D eigenvalue weighted by Gasteiger charge is -2.35. The number of nitrogens with one attached hydrogen (secondary N) is 2. The molecular formula is C22H31ClIN5O. The van der Waals surface area contributed by atoms with Gasteiger partial charge in [0.25, 0.3) is 0 Å². The molecule has 1 aromatic carbocycles. The number of guanidine groups is 1. The molecule has 0 aliphatic carbocycles. The highest BCUT2D eigenvalue weighted by Crippen LogP contribution is 2.25. The number of piperidine rings is 1. The van der Waals surface area contributed by atoms with Crippen LogP contribution in [-0.2, 0) is 6.54 Å². The highest BCUT2D eigenvalue weighted by molar-refractivity contribution is 14.0. The maximum atomic E-state index is 5.86. The molecule has 1 aromatic heterocycles. The first kappa shape index (κ1) is 24.7. The summed E-state index contributed by atoms with van der Waals surface area (Å²) < 4.78 is 5.32. The van der Waals surface area contributed by atoms with E-state index in [9.17, 15) is 0 Å². The van der Waals surface area contributed by atoms with Crippen molar-refractivity contribution >= 4 is 41.5 Å². The van der Waals surface area contributed by atoms with E-state index in [1.807, 2.05) is 18.2 Å². The van der Waals surface area contributed by atoms with Crippen molar-refractivity contribution in [3.63, 3.8) is 0 Å². The third kappa shape index (κ3) is 7.28. The third-order valence-corrected chi connectivity index (χ3v) is 5.49. The first-order valence-corrected chi connectivity index (χ1v) is 10.5. The molecule has 1 unspecified atom stereocenters. The molecule has 2 heterocycles. The quantitative estimate of drug-likeness (QED) is 0.237. The molecule has 0 amide bonds. The number of methoxy groups -OCH3 is 1. The van der Waals surface area contributed by atoms with Crippen LogP contribution in [0.15, 0.2) is 47.6 Å². The van der Waals surface area contributed by atoms with Crippen LogP contribution in [0.1, 0.15) is 36.4 Å². The second-order valence-corrected chi connectivity index (χ2v) is 7.57. The first-order valence-electron chi connectivity index (χ1n) is 10.1. The summed E-state index contributed by atoms with van der Waals surface area (Å²) in [6.45, 7) is 3.67. The average molecular weight is 544 g/mol. The number of halogens is 2. The van der Waals surface area contributed by atoms with Crippen molar-refractivity contribution in [2.45, 2.75) is 31.8 Å². The Balaban J connectivity index is 0.00000320. The molecule has 1 aliphatic heterocycles. The predicted octanol–water partition coefficient (Wildman–Crippen LogP) is 4.25. The normalized spacial score (nSPS) is 15.8. The highest BCUT2D eigenvalue weighted by Gasteiger charge is 2.22. The number of nitrogens with zero attached hydrogens (tertiary/aromatic N) is 3. The lowest BCUT2D eigenvalue weighted by molar-refractivity contribution is 0.164. The number of hydrogen-bond donors (Lipinski definition) is 2. The van der Waals surface area contributed by atoms with Crippen LogP contribution < -0.4 is 15.4 Å². The second kappa shape index (κ2) is 13.0. The van der Waals surface area contributed by atoms with Crippen molar-refractivity contribution < 1.29 is 4.74 Å². The smallest absolute Gasteiger partial charge is 0.191 e. The number of ether oxygens (including phenoxy) is 1. The Hall–Kier alpha value is -1.58. The van der Waals surface area contributed by atoms with Gasteiger partial charge < -0.3 is 15.4 Å². The fourth-order valence-corrected chi connectivity index (χ4v) is 3.74. The Morgan fingerprint density at radius 2 is 1.87 bits per heavy atom. The number of aromatic nitrogens is 1. The van der Waals surface area contributed by atoms with Crippen molar-refractivity contribution in [2.24, 2.45) is 4.99 Å². The van der Waals surface area contributed by atoms with Crippen molar-refractivity contribution in [1.82, 2.24) is 20.5 Å². The summed E-state index contributed by atoms with van der Waals surface area (Å²) in [7, 11) is 3.49. The van der Waals surface area contributed by atoms with Gasteiger partial charge in [-0.05, 0) is 55.3 Å². The van der Waals surface area contributed by atoms with Crippen molar-refractivity contribution in [3.05, 3.63) is 58.9 Å². The number of likely N-dealkylation sites (tertiary alicyclic amines) is 1.